The van der Waals surface area contributed by atoms with E-state index in [-0.39, 0.29) is 5.75 Å². The van der Waals surface area contributed by atoms with Crippen molar-refractivity contribution in [1.29, 1.82) is 0 Å². The lowest BCUT2D eigenvalue weighted by Crippen LogP contribution is -2.50. The Balaban J connectivity index is 1.61. The summed E-state index contributed by atoms with van der Waals surface area (Å²) in [5, 5.41) is 22.9. The molecule has 0 radical (unpaired) electrons. The highest BCUT2D eigenvalue weighted by atomic mass is 16.3. The molecule has 1 aromatic carbocycles. The van der Waals surface area contributed by atoms with E-state index in [2.05, 4.69) is 33.4 Å². The topological polar surface area (TPSA) is 61.3 Å². The molecule has 0 saturated carbocycles. The van der Waals surface area contributed by atoms with Gasteiger partial charge < -0.3 is 15.3 Å². The molecule has 0 amide bonds. The number of fused-ring (bicyclic) bond motifs is 1. The number of piperidine rings is 1. The predicted octanol–water partition coefficient (Wildman–Crippen LogP) is 3.04. The number of nitrogens with zero attached hydrogens (tertiary/aromatic N) is 3. The monoisotopic (exact) mass is 338 g/mol. The number of aromatic hydroxyl groups is 1. The fourth-order valence-electron chi connectivity index (χ4n) is 4.41. The first-order valence-corrected chi connectivity index (χ1v) is 9.17. The second-order valence-corrected chi connectivity index (χ2v) is 7.66. The fourth-order valence-corrected chi connectivity index (χ4v) is 4.41. The van der Waals surface area contributed by atoms with Crippen LogP contribution in [0.2, 0.25) is 0 Å². The van der Waals surface area contributed by atoms with Gasteiger partial charge in [0.1, 0.15) is 5.75 Å². The van der Waals surface area contributed by atoms with Gasteiger partial charge in [0.25, 0.3) is 0 Å². The zero-order valence-electron chi connectivity index (χ0n) is 15.2. The van der Waals surface area contributed by atoms with Crippen molar-refractivity contribution in [3.8, 4) is 17.0 Å². The van der Waals surface area contributed by atoms with E-state index in [1.807, 2.05) is 26.0 Å². The number of phenolic OH excluding ortho intramolecular Hbond substituents is 1. The van der Waals surface area contributed by atoms with Gasteiger partial charge in [0.15, 0.2) is 5.82 Å². The van der Waals surface area contributed by atoms with Crippen molar-refractivity contribution in [2.24, 2.45) is 5.92 Å². The molecule has 132 valence electrons. The molecule has 1 unspecified atom stereocenters. The summed E-state index contributed by atoms with van der Waals surface area (Å²) < 4.78 is 0. The summed E-state index contributed by atoms with van der Waals surface area (Å²) in [6, 6.07) is 8.94. The van der Waals surface area contributed by atoms with Crippen molar-refractivity contribution >= 4 is 5.82 Å². The molecule has 2 aliphatic rings. The van der Waals surface area contributed by atoms with Crippen LogP contribution in [0.25, 0.3) is 11.3 Å². The number of aryl methyl sites for hydroxylation is 2. The summed E-state index contributed by atoms with van der Waals surface area (Å²) in [5.74, 6) is 1.91. The van der Waals surface area contributed by atoms with Gasteiger partial charge in [-0.05, 0) is 68.5 Å². The van der Waals surface area contributed by atoms with Crippen LogP contribution in [0.5, 0.6) is 5.75 Å². The highest BCUT2D eigenvalue weighted by molar-refractivity contribution is 5.71. The van der Waals surface area contributed by atoms with Crippen molar-refractivity contribution in [3.05, 3.63) is 35.4 Å². The molecule has 2 saturated heterocycles. The molecule has 3 heterocycles. The summed E-state index contributed by atoms with van der Waals surface area (Å²) in [6.07, 6.45) is 2.37. The van der Waals surface area contributed by atoms with Gasteiger partial charge in [-0.3, -0.25) is 0 Å². The molecule has 2 aromatic rings. The van der Waals surface area contributed by atoms with Crippen LogP contribution in [0.3, 0.4) is 0 Å². The standard InChI is InChI=1S/C20H26N4O/c1-12-8-14(3)20(18(25)10-12)16-4-5-19(23-22-16)24-7-6-15-17(24)9-13(2)11-21-15/h4-5,8,10,13,15,17,21,25H,6-7,9,11H2,1-3H3/t13?,15-,17+/m0/s1. The van der Waals surface area contributed by atoms with Gasteiger partial charge in [0.05, 0.1) is 5.69 Å². The average molecular weight is 338 g/mol. The van der Waals surface area contributed by atoms with Crippen LogP contribution in [-0.4, -0.2) is 40.5 Å². The third-order valence-corrected chi connectivity index (χ3v) is 5.58. The number of aromatic nitrogens is 2. The summed E-state index contributed by atoms with van der Waals surface area (Å²) in [4.78, 5) is 2.39. The second-order valence-electron chi connectivity index (χ2n) is 7.66. The minimum Gasteiger partial charge on any atom is -0.507 e. The van der Waals surface area contributed by atoms with Gasteiger partial charge in [-0.2, -0.15) is 0 Å². The highest BCUT2D eigenvalue weighted by Gasteiger charge is 2.38. The largest absolute Gasteiger partial charge is 0.507 e. The van der Waals surface area contributed by atoms with E-state index in [1.54, 1.807) is 6.07 Å². The van der Waals surface area contributed by atoms with Gasteiger partial charge >= 0.3 is 0 Å². The SMILES string of the molecule is Cc1cc(C)c(-c2ccc(N3CC[C@@H]4NCC(C)C[C@H]43)nn2)c(O)c1. The van der Waals surface area contributed by atoms with E-state index < -0.39 is 0 Å². The molecule has 25 heavy (non-hydrogen) atoms. The minimum absolute atomic E-state index is 0.270. The van der Waals surface area contributed by atoms with E-state index in [0.717, 1.165) is 41.3 Å². The first-order chi connectivity index (χ1) is 12.0. The Morgan fingerprint density at radius 2 is 2.04 bits per heavy atom. The Kier molecular flexibility index (Phi) is 4.12. The number of hydrogen-bond donors (Lipinski definition) is 2. The van der Waals surface area contributed by atoms with Gasteiger partial charge in [-0.15, -0.1) is 10.2 Å². The molecule has 2 aliphatic heterocycles. The van der Waals surface area contributed by atoms with Crippen LogP contribution in [0, 0.1) is 19.8 Å². The van der Waals surface area contributed by atoms with E-state index in [0.29, 0.717) is 18.0 Å². The van der Waals surface area contributed by atoms with Crippen LogP contribution < -0.4 is 10.2 Å². The Morgan fingerprint density at radius 1 is 1.20 bits per heavy atom. The van der Waals surface area contributed by atoms with Gasteiger partial charge in [0, 0.05) is 24.2 Å². The van der Waals surface area contributed by atoms with E-state index >= 15 is 0 Å². The molecule has 0 bridgehead atoms. The molecule has 0 spiro atoms. The third kappa shape index (κ3) is 2.97. The van der Waals surface area contributed by atoms with Crippen molar-refractivity contribution in [2.75, 3.05) is 18.0 Å². The molecule has 1 aromatic heterocycles. The van der Waals surface area contributed by atoms with Crippen LogP contribution in [-0.2, 0) is 0 Å². The molecular formula is C20H26N4O. The van der Waals surface area contributed by atoms with E-state index in [4.69, 9.17) is 0 Å². The van der Waals surface area contributed by atoms with Crippen molar-refractivity contribution in [2.45, 2.75) is 45.7 Å². The number of phenols is 1. The minimum atomic E-state index is 0.270. The molecule has 4 rings (SSSR count). The summed E-state index contributed by atoms with van der Waals surface area (Å²) in [6.45, 7) is 8.42. The third-order valence-electron chi connectivity index (χ3n) is 5.58. The predicted molar refractivity (Wildman–Crippen MR) is 99.9 cm³/mol. The van der Waals surface area contributed by atoms with Crippen LogP contribution in [0.1, 0.15) is 30.9 Å². The Bertz CT molecular complexity index is 751. The Hall–Kier alpha value is -2.14. The lowest BCUT2D eigenvalue weighted by atomic mass is 9.92. The molecule has 2 fully saturated rings. The Morgan fingerprint density at radius 3 is 2.76 bits per heavy atom. The first-order valence-electron chi connectivity index (χ1n) is 9.17. The van der Waals surface area contributed by atoms with Crippen molar-refractivity contribution < 1.29 is 5.11 Å². The van der Waals surface area contributed by atoms with Crippen LogP contribution >= 0.6 is 0 Å². The maximum atomic E-state index is 10.3. The summed E-state index contributed by atoms with van der Waals surface area (Å²) >= 11 is 0. The van der Waals surface area contributed by atoms with Crippen molar-refractivity contribution in [1.82, 2.24) is 15.5 Å². The molecule has 2 N–H and O–H groups in total. The normalized spacial score (nSPS) is 25.9. The number of rotatable bonds is 2. The number of benzene rings is 1. The number of hydrogen-bond acceptors (Lipinski definition) is 5. The second kappa shape index (κ2) is 6.30. The van der Waals surface area contributed by atoms with Gasteiger partial charge in [-0.25, -0.2) is 0 Å². The summed E-state index contributed by atoms with van der Waals surface area (Å²) in [7, 11) is 0. The molecule has 5 nitrogen and oxygen atoms in total. The number of anilines is 1. The zero-order chi connectivity index (χ0) is 17.6. The van der Waals surface area contributed by atoms with Crippen molar-refractivity contribution in [3.63, 3.8) is 0 Å². The lowest BCUT2D eigenvalue weighted by molar-refractivity contribution is 0.310. The average Bonchev–Trinajstić information content (AvgIpc) is 2.97. The summed E-state index contributed by atoms with van der Waals surface area (Å²) in [5.41, 5.74) is 3.57. The molecule has 3 atom stereocenters. The molecule has 5 heteroatoms. The zero-order valence-corrected chi connectivity index (χ0v) is 15.2. The van der Waals surface area contributed by atoms with E-state index in [1.165, 1.54) is 12.8 Å². The fraction of sp³-hybridized carbons (Fsp3) is 0.500. The quantitative estimate of drug-likeness (QED) is 0.881. The maximum absolute atomic E-state index is 10.3. The van der Waals surface area contributed by atoms with Crippen LogP contribution in [0.4, 0.5) is 5.82 Å². The van der Waals surface area contributed by atoms with E-state index in [9.17, 15) is 5.11 Å². The smallest absolute Gasteiger partial charge is 0.151 e. The first kappa shape index (κ1) is 16.3. The maximum Gasteiger partial charge on any atom is 0.151 e. The Labute approximate surface area is 149 Å². The van der Waals surface area contributed by atoms with Gasteiger partial charge in [-0.1, -0.05) is 13.0 Å². The van der Waals surface area contributed by atoms with Gasteiger partial charge in [0.2, 0.25) is 0 Å². The van der Waals surface area contributed by atoms with Crippen LogP contribution in [0.15, 0.2) is 24.3 Å². The lowest BCUT2D eigenvalue weighted by Gasteiger charge is -2.35. The number of nitrogens with one attached hydrogen (secondary N) is 1. The molecular weight excluding hydrogens is 312 g/mol. The molecule has 0 aliphatic carbocycles. The highest BCUT2D eigenvalue weighted by Crippen LogP contribution is 2.34.